The maximum atomic E-state index is 8.65. The number of nitrogens with one attached hydrogen (secondary N) is 1. The average molecular weight is 212 g/mol. The lowest BCUT2D eigenvalue weighted by Gasteiger charge is -2.02. The number of aromatic amines is 1. The molecule has 3 nitrogen and oxygen atoms in total. The minimum absolute atomic E-state index is 0.567. The maximum Gasteiger partial charge on any atom is 0.123 e. The molecule has 0 saturated heterocycles. The highest BCUT2D eigenvalue weighted by atomic mass is 16.5. The molecule has 16 heavy (non-hydrogen) atoms. The van der Waals surface area contributed by atoms with Crippen LogP contribution in [-0.2, 0) is 12.8 Å². The molecule has 2 aromatic rings. The average Bonchev–Trinajstić information content (AvgIpc) is 2.91. The number of benzene rings is 1. The smallest absolute Gasteiger partial charge is 0.123 e. The van der Waals surface area contributed by atoms with E-state index in [9.17, 15) is 0 Å². The van der Waals surface area contributed by atoms with Gasteiger partial charge in [-0.05, 0) is 24.1 Å². The summed E-state index contributed by atoms with van der Waals surface area (Å²) in [5.74, 6) is 1.00. The van der Waals surface area contributed by atoms with E-state index in [-0.39, 0.29) is 0 Å². The van der Waals surface area contributed by atoms with Crippen LogP contribution < -0.4 is 4.74 Å². The summed E-state index contributed by atoms with van der Waals surface area (Å²) in [7, 11) is 0. The van der Waals surface area contributed by atoms with Crippen molar-refractivity contribution >= 4 is 10.9 Å². The molecule has 0 amide bonds. The number of ether oxygens (including phenoxy) is 1. The first-order valence-electron chi connectivity index (χ1n) is 5.52. The molecular formula is C13H12N2O. The Labute approximate surface area is 93.6 Å². The van der Waals surface area contributed by atoms with Gasteiger partial charge in [-0.15, -0.1) is 0 Å². The second kappa shape index (κ2) is 3.57. The monoisotopic (exact) mass is 212 g/mol. The first kappa shape index (κ1) is 9.29. The van der Waals surface area contributed by atoms with E-state index in [1.54, 1.807) is 0 Å². The minimum atomic E-state index is 0.567. The number of aryl methyl sites for hydroxylation is 1. The molecule has 80 valence electrons. The molecule has 1 N–H and O–H groups in total. The molecule has 1 aliphatic rings. The van der Waals surface area contributed by atoms with E-state index in [0.717, 1.165) is 30.7 Å². The van der Waals surface area contributed by atoms with Crippen molar-refractivity contribution < 1.29 is 4.74 Å². The van der Waals surface area contributed by atoms with E-state index in [4.69, 9.17) is 10.00 Å². The molecule has 0 bridgehead atoms. The molecule has 0 fully saturated rings. The Balaban J connectivity index is 2.17. The van der Waals surface area contributed by atoms with Crippen molar-refractivity contribution in [3.8, 4) is 11.8 Å². The largest absolute Gasteiger partial charge is 0.493 e. The third-order valence-electron chi connectivity index (χ3n) is 3.11. The van der Waals surface area contributed by atoms with E-state index in [0.29, 0.717) is 6.42 Å². The van der Waals surface area contributed by atoms with Crippen molar-refractivity contribution in [2.75, 3.05) is 6.61 Å². The lowest BCUT2D eigenvalue weighted by atomic mass is 10.0. The number of H-pyrrole nitrogens is 1. The lowest BCUT2D eigenvalue weighted by Crippen LogP contribution is -1.87. The minimum Gasteiger partial charge on any atom is -0.493 e. The quantitative estimate of drug-likeness (QED) is 0.831. The third-order valence-corrected chi connectivity index (χ3v) is 3.11. The van der Waals surface area contributed by atoms with Gasteiger partial charge in [-0.3, -0.25) is 0 Å². The van der Waals surface area contributed by atoms with Crippen LogP contribution in [0.25, 0.3) is 10.9 Å². The van der Waals surface area contributed by atoms with Gasteiger partial charge in [-0.2, -0.15) is 5.26 Å². The molecule has 0 atom stereocenters. The number of nitrogens with zero attached hydrogens (tertiary/aromatic N) is 1. The fraction of sp³-hybridized carbons (Fsp3) is 0.308. The summed E-state index contributed by atoms with van der Waals surface area (Å²) in [5.41, 5.74) is 3.68. The summed E-state index contributed by atoms with van der Waals surface area (Å²) < 4.78 is 5.56. The van der Waals surface area contributed by atoms with Crippen LogP contribution in [-0.4, -0.2) is 11.6 Å². The van der Waals surface area contributed by atoms with Gasteiger partial charge in [0.2, 0.25) is 0 Å². The molecule has 2 heterocycles. The first-order chi connectivity index (χ1) is 7.90. The number of hydrogen-bond acceptors (Lipinski definition) is 2. The molecular weight excluding hydrogens is 200 g/mol. The highest BCUT2D eigenvalue weighted by Gasteiger charge is 2.17. The van der Waals surface area contributed by atoms with Gasteiger partial charge >= 0.3 is 0 Å². The van der Waals surface area contributed by atoms with Crippen LogP contribution >= 0.6 is 0 Å². The van der Waals surface area contributed by atoms with Crippen molar-refractivity contribution in [1.29, 1.82) is 5.26 Å². The number of fused-ring (bicyclic) bond motifs is 3. The van der Waals surface area contributed by atoms with E-state index in [1.807, 2.05) is 12.3 Å². The molecule has 1 aromatic heterocycles. The first-order valence-corrected chi connectivity index (χ1v) is 5.52. The van der Waals surface area contributed by atoms with E-state index >= 15 is 0 Å². The molecule has 3 rings (SSSR count). The van der Waals surface area contributed by atoms with Crippen molar-refractivity contribution in [2.24, 2.45) is 0 Å². The highest BCUT2D eigenvalue weighted by molar-refractivity contribution is 5.89. The van der Waals surface area contributed by atoms with Crippen LogP contribution in [0.1, 0.15) is 17.5 Å². The zero-order valence-electron chi connectivity index (χ0n) is 8.92. The van der Waals surface area contributed by atoms with Crippen LogP contribution in [0.2, 0.25) is 0 Å². The summed E-state index contributed by atoms with van der Waals surface area (Å²) >= 11 is 0. The molecule has 0 aliphatic carbocycles. The van der Waals surface area contributed by atoms with Gasteiger partial charge < -0.3 is 9.72 Å². The highest BCUT2D eigenvalue weighted by Crippen LogP contribution is 2.34. The molecule has 0 saturated carbocycles. The molecule has 0 radical (unpaired) electrons. The van der Waals surface area contributed by atoms with Crippen molar-refractivity contribution in [2.45, 2.75) is 19.3 Å². The summed E-state index contributed by atoms with van der Waals surface area (Å²) in [6.45, 7) is 0.775. The van der Waals surface area contributed by atoms with Gasteiger partial charge in [0, 0.05) is 35.5 Å². The third kappa shape index (κ3) is 1.27. The summed E-state index contributed by atoms with van der Waals surface area (Å²) in [6, 6.07) is 6.27. The van der Waals surface area contributed by atoms with E-state index in [2.05, 4.69) is 17.1 Å². The van der Waals surface area contributed by atoms with Crippen LogP contribution in [0, 0.1) is 11.3 Å². The SMILES string of the molecule is N#CCCc1c[nH]c2ccc3c(c12)CCO3. The Hall–Kier alpha value is -1.95. The maximum absolute atomic E-state index is 8.65. The molecule has 3 heteroatoms. The summed E-state index contributed by atoms with van der Waals surface area (Å²) in [5, 5.41) is 9.91. The van der Waals surface area contributed by atoms with Crippen LogP contribution in [0.4, 0.5) is 0 Å². The van der Waals surface area contributed by atoms with Crippen LogP contribution in [0.3, 0.4) is 0 Å². The van der Waals surface area contributed by atoms with Gasteiger partial charge in [0.25, 0.3) is 0 Å². The Bertz CT molecular complexity index is 577. The standard InChI is InChI=1S/C13H12N2O/c14-6-1-2-9-8-15-11-3-4-12-10(13(9)11)5-7-16-12/h3-4,8,15H,1-2,5,7H2. The Morgan fingerprint density at radius 3 is 3.25 bits per heavy atom. The zero-order chi connectivity index (χ0) is 11.0. The molecule has 1 aromatic carbocycles. The summed E-state index contributed by atoms with van der Waals surface area (Å²) in [4.78, 5) is 3.26. The summed E-state index contributed by atoms with van der Waals surface area (Å²) in [6.07, 6.45) is 4.37. The number of nitriles is 1. The van der Waals surface area contributed by atoms with E-state index < -0.39 is 0 Å². The van der Waals surface area contributed by atoms with Gasteiger partial charge in [0.05, 0.1) is 12.7 Å². The fourth-order valence-corrected chi connectivity index (χ4v) is 2.39. The van der Waals surface area contributed by atoms with Gasteiger partial charge in [0.15, 0.2) is 0 Å². The number of rotatable bonds is 2. The molecule has 0 spiro atoms. The topological polar surface area (TPSA) is 48.8 Å². The predicted molar refractivity (Wildman–Crippen MR) is 61.4 cm³/mol. The van der Waals surface area contributed by atoms with Gasteiger partial charge in [-0.1, -0.05) is 0 Å². The van der Waals surface area contributed by atoms with Gasteiger partial charge in [0.1, 0.15) is 5.75 Å². The number of hydrogen-bond donors (Lipinski definition) is 1. The Morgan fingerprint density at radius 2 is 2.38 bits per heavy atom. The second-order valence-corrected chi connectivity index (χ2v) is 4.04. The molecule has 0 unspecified atom stereocenters. The van der Waals surface area contributed by atoms with Crippen LogP contribution in [0.15, 0.2) is 18.3 Å². The Morgan fingerprint density at radius 1 is 1.44 bits per heavy atom. The van der Waals surface area contributed by atoms with Crippen molar-refractivity contribution in [3.63, 3.8) is 0 Å². The predicted octanol–water partition coefficient (Wildman–Crippen LogP) is 2.56. The lowest BCUT2D eigenvalue weighted by molar-refractivity contribution is 0.357. The van der Waals surface area contributed by atoms with Gasteiger partial charge in [-0.25, -0.2) is 0 Å². The van der Waals surface area contributed by atoms with E-state index in [1.165, 1.54) is 16.5 Å². The number of aromatic nitrogens is 1. The van der Waals surface area contributed by atoms with Crippen molar-refractivity contribution in [1.82, 2.24) is 4.98 Å². The Kier molecular flexibility index (Phi) is 2.07. The van der Waals surface area contributed by atoms with Crippen molar-refractivity contribution in [3.05, 3.63) is 29.5 Å². The normalized spacial score (nSPS) is 13.4. The zero-order valence-corrected chi connectivity index (χ0v) is 8.92. The fourth-order valence-electron chi connectivity index (χ4n) is 2.39. The second-order valence-electron chi connectivity index (χ2n) is 4.04. The van der Waals surface area contributed by atoms with Crippen LogP contribution in [0.5, 0.6) is 5.75 Å². The molecule has 1 aliphatic heterocycles.